The number of ether oxygens (including phenoxy) is 2. The van der Waals surface area contributed by atoms with E-state index in [9.17, 15) is 14.0 Å². The standard InChI is InChI=1S/C19H24FNO4/c1-13-8-14(2)11-21(10-13)18(22)12-25-19(23)7-5-15-4-6-17(24-3)16(20)9-15/h4-7,9,13-14H,8,10-12H2,1-3H3/b7-5+/t13-,14+. The molecule has 0 unspecified atom stereocenters. The van der Waals surface area contributed by atoms with Gasteiger partial charge >= 0.3 is 5.97 Å². The Morgan fingerprint density at radius 2 is 1.96 bits per heavy atom. The second-order valence-corrected chi connectivity index (χ2v) is 6.58. The Balaban J connectivity index is 1.83. The van der Waals surface area contributed by atoms with Crippen molar-refractivity contribution in [3.05, 3.63) is 35.7 Å². The van der Waals surface area contributed by atoms with E-state index in [-0.39, 0.29) is 18.3 Å². The fourth-order valence-corrected chi connectivity index (χ4v) is 3.09. The fraction of sp³-hybridized carbons (Fsp3) is 0.474. The largest absolute Gasteiger partial charge is 0.494 e. The second kappa shape index (κ2) is 8.65. The Bertz CT molecular complexity index is 649. The van der Waals surface area contributed by atoms with Crippen LogP contribution in [-0.2, 0) is 14.3 Å². The average molecular weight is 349 g/mol. The predicted molar refractivity (Wildman–Crippen MR) is 92.5 cm³/mol. The smallest absolute Gasteiger partial charge is 0.331 e. The highest BCUT2D eigenvalue weighted by molar-refractivity contribution is 5.89. The number of esters is 1. The van der Waals surface area contributed by atoms with Gasteiger partial charge in [0.1, 0.15) is 0 Å². The number of hydrogen-bond acceptors (Lipinski definition) is 4. The first-order chi connectivity index (χ1) is 11.9. The van der Waals surface area contributed by atoms with Gasteiger partial charge in [-0.1, -0.05) is 19.9 Å². The number of amides is 1. The summed E-state index contributed by atoms with van der Waals surface area (Å²) in [5, 5.41) is 0. The second-order valence-electron chi connectivity index (χ2n) is 6.58. The van der Waals surface area contributed by atoms with Gasteiger partial charge in [0.05, 0.1) is 7.11 Å². The van der Waals surface area contributed by atoms with Crippen molar-refractivity contribution in [2.45, 2.75) is 20.3 Å². The predicted octanol–water partition coefficient (Wildman–Crippen LogP) is 2.90. The number of piperidine rings is 1. The van der Waals surface area contributed by atoms with Crippen molar-refractivity contribution in [3.63, 3.8) is 0 Å². The Hall–Kier alpha value is -2.37. The van der Waals surface area contributed by atoms with Crippen LogP contribution in [0.1, 0.15) is 25.8 Å². The first kappa shape index (κ1) is 19.0. The Labute approximate surface area is 147 Å². The average Bonchev–Trinajstić information content (AvgIpc) is 2.57. The van der Waals surface area contributed by atoms with E-state index in [4.69, 9.17) is 9.47 Å². The quantitative estimate of drug-likeness (QED) is 0.606. The number of hydrogen-bond donors (Lipinski definition) is 0. The van der Waals surface area contributed by atoms with E-state index in [1.165, 1.54) is 31.4 Å². The summed E-state index contributed by atoms with van der Waals surface area (Å²) < 4.78 is 23.4. The molecule has 1 fully saturated rings. The lowest BCUT2D eigenvalue weighted by atomic mass is 9.92. The van der Waals surface area contributed by atoms with E-state index < -0.39 is 11.8 Å². The fourth-order valence-electron chi connectivity index (χ4n) is 3.09. The van der Waals surface area contributed by atoms with E-state index in [1.807, 2.05) is 0 Å². The van der Waals surface area contributed by atoms with Crippen LogP contribution in [0.2, 0.25) is 0 Å². The summed E-state index contributed by atoms with van der Waals surface area (Å²) in [7, 11) is 1.38. The molecule has 25 heavy (non-hydrogen) atoms. The maximum atomic E-state index is 13.6. The summed E-state index contributed by atoms with van der Waals surface area (Å²) in [6.07, 6.45) is 3.71. The van der Waals surface area contributed by atoms with E-state index >= 15 is 0 Å². The van der Waals surface area contributed by atoms with E-state index in [1.54, 1.807) is 11.0 Å². The number of benzene rings is 1. The lowest BCUT2D eigenvalue weighted by molar-refractivity contribution is -0.149. The lowest BCUT2D eigenvalue weighted by Gasteiger charge is -2.34. The highest BCUT2D eigenvalue weighted by Gasteiger charge is 2.25. The molecular weight excluding hydrogens is 325 g/mol. The first-order valence-corrected chi connectivity index (χ1v) is 8.35. The SMILES string of the molecule is COc1ccc(/C=C/C(=O)OCC(=O)N2C[C@H](C)C[C@H](C)C2)cc1F. The molecule has 2 rings (SSSR count). The van der Waals surface area contributed by atoms with Gasteiger partial charge in [0.25, 0.3) is 5.91 Å². The summed E-state index contributed by atoms with van der Waals surface area (Å²) in [5.74, 6) is -0.295. The molecule has 1 aromatic carbocycles. The van der Waals surface area contributed by atoms with Gasteiger partial charge in [-0.05, 0) is 42.0 Å². The normalized spacial score (nSPS) is 20.6. The molecule has 0 bridgehead atoms. The number of carbonyl (C=O) groups is 2. The zero-order valence-corrected chi connectivity index (χ0v) is 14.8. The van der Waals surface area contributed by atoms with Gasteiger partial charge in [0.2, 0.25) is 0 Å². The maximum absolute atomic E-state index is 13.6. The van der Waals surface area contributed by atoms with Gasteiger partial charge in [0.15, 0.2) is 18.2 Å². The zero-order chi connectivity index (χ0) is 18.4. The molecule has 6 heteroatoms. The lowest BCUT2D eigenvalue weighted by Crippen LogP contribution is -2.44. The van der Waals surface area contributed by atoms with Gasteiger partial charge in [-0.25, -0.2) is 9.18 Å². The van der Waals surface area contributed by atoms with Gasteiger partial charge in [0, 0.05) is 19.2 Å². The van der Waals surface area contributed by atoms with Crippen LogP contribution in [0.4, 0.5) is 4.39 Å². The molecule has 5 nitrogen and oxygen atoms in total. The van der Waals surface area contributed by atoms with Crippen molar-refractivity contribution in [1.82, 2.24) is 4.90 Å². The van der Waals surface area contributed by atoms with Crippen molar-refractivity contribution >= 4 is 18.0 Å². The van der Waals surface area contributed by atoms with Crippen LogP contribution < -0.4 is 4.74 Å². The maximum Gasteiger partial charge on any atom is 0.331 e. The molecule has 0 radical (unpaired) electrons. The van der Waals surface area contributed by atoms with Crippen molar-refractivity contribution in [3.8, 4) is 5.75 Å². The molecule has 1 aliphatic heterocycles. The number of likely N-dealkylation sites (tertiary alicyclic amines) is 1. The van der Waals surface area contributed by atoms with Gasteiger partial charge in [-0.3, -0.25) is 4.79 Å². The molecule has 0 aromatic heterocycles. The number of carbonyl (C=O) groups excluding carboxylic acids is 2. The highest BCUT2D eigenvalue weighted by atomic mass is 19.1. The number of methoxy groups -OCH3 is 1. The summed E-state index contributed by atoms with van der Waals surface area (Å²) >= 11 is 0. The van der Waals surface area contributed by atoms with Crippen molar-refractivity contribution < 1.29 is 23.5 Å². The summed E-state index contributed by atoms with van der Waals surface area (Å²) in [4.78, 5) is 25.6. The minimum absolute atomic E-state index is 0.135. The summed E-state index contributed by atoms with van der Waals surface area (Å²) in [5.41, 5.74) is 0.500. The molecule has 2 atom stereocenters. The van der Waals surface area contributed by atoms with Gasteiger partial charge in [-0.15, -0.1) is 0 Å². The zero-order valence-electron chi connectivity index (χ0n) is 14.8. The van der Waals surface area contributed by atoms with Gasteiger partial charge in [-0.2, -0.15) is 0 Å². The monoisotopic (exact) mass is 349 g/mol. The highest BCUT2D eigenvalue weighted by Crippen LogP contribution is 2.21. The van der Waals surface area contributed by atoms with Crippen LogP contribution in [0, 0.1) is 17.7 Å². The molecular formula is C19H24FNO4. The van der Waals surface area contributed by atoms with E-state index in [2.05, 4.69) is 13.8 Å². The summed E-state index contributed by atoms with van der Waals surface area (Å²) in [6, 6.07) is 4.35. The minimum atomic E-state index is -0.636. The molecule has 1 aliphatic rings. The molecule has 136 valence electrons. The van der Waals surface area contributed by atoms with Crippen LogP contribution in [0.5, 0.6) is 5.75 Å². The van der Waals surface area contributed by atoms with E-state index in [0.717, 1.165) is 6.42 Å². The third-order valence-corrected chi connectivity index (χ3v) is 4.15. The molecule has 1 aromatic rings. The molecule has 1 heterocycles. The van der Waals surface area contributed by atoms with Crippen LogP contribution in [-0.4, -0.2) is 43.6 Å². The van der Waals surface area contributed by atoms with Crippen LogP contribution in [0.15, 0.2) is 24.3 Å². The topological polar surface area (TPSA) is 55.8 Å². The van der Waals surface area contributed by atoms with Crippen molar-refractivity contribution in [2.75, 3.05) is 26.8 Å². The number of nitrogens with zero attached hydrogens (tertiary/aromatic N) is 1. The number of halogens is 1. The van der Waals surface area contributed by atoms with Crippen molar-refractivity contribution in [2.24, 2.45) is 11.8 Å². The van der Waals surface area contributed by atoms with Crippen LogP contribution in [0.3, 0.4) is 0 Å². The number of rotatable bonds is 5. The molecule has 0 saturated carbocycles. The molecule has 1 saturated heterocycles. The first-order valence-electron chi connectivity index (χ1n) is 8.35. The Morgan fingerprint density at radius 1 is 1.28 bits per heavy atom. The van der Waals surface area contributed by atoms with Crippen molar-refractivity contribution in [1.29, 1.82) is 0 Å². The summed E-state index contributed by atoms with van der Waals surface area (Å²) in [6.45, 7) is 5.33. The van der Waals surface area contributed by atoms with Crippen LogP contribution in [0.25, 0.3) is 6.08 Å². The van der Waals surface area contributed by atoms with Crippen LogP contribution >= 0.6 is 0 Å². The minimum Gasteiger partial charge on any atom is -0.494 e. The third kappa shape index (κ3) is 5.59. The third-order valence-electron chi connectivity index (χ3n) is 4.15. The molecule has 1 amide bonds. The molecule has 0 aliphatic carbocycles. The van der Waals surface area contributed by atoms with E-state index in [0.29, 0.717) is 30.5 Å². The molecule has 0 spiro atoms. The molecule has 0 N–H and O–H groups in total. The Morgan fingerprint density at radius 3 is 2.56 bits per heavy atom. The Kier molecular flexibility index (Phi) is 6.56. The van der Waals surface area contributed by atoms with Gasteiger partial charge < -0.3 is 14.4 Å².